The van der Waals surface area contributed by atoms with Crippen LogP contribution in [0, 0.1) is 0 Å². The molecule has 0 aliphatic carbocycles. The normalized spacial score (nSPS) is 11.0. The molecule has 0 unspecified atom stereocenters. The van der Waals surface area contributed by atoms with Crippen LogP contribution in [-0.4, -0.2) is 28.9 Å². The first kappa shape index (κ1) is 22.5. The van der Waals surface area contributed by atoms with Gasteiger partial charge in [0.15, 0.2) is 5.78 Å². The quantitative estimate of drug-likeness (QED) is 0.517. The highest BCUT2D eigenvalue weighted by atomic mass is 19.4. The SMILES string of the molecule is O=C(O)c1cc(NC(=O)C(F)(F)F)c(C(=O)c2ccccc2)c(OCc2ccccc2)c1. The van der Waals surface area contributed by atoms with Crippen LogP contribution in [0.5, 0.6) is 5.75 Å². The Kier molecular flexibility index (Phi) is 6.58. The van der Waals surface area contributed by atoms with E-state index in [1.165, 1.54) is 12.1 Å². The predicted octanol–water partition coefficient (Wildman–Crippen LogP) is 4.70. The molecule has 0 fully saturated rings. The number of ketones is 1. The molecule has 0 spiro atoms. The van der Waals surface area contributed by atoms with Crippen molar-refractivity contribution in [1.29, 1.82) is 0 Å². The van der Waals surface area contributed by atoms with E-state index in [0.29, 0.717) is 5.56 Å². The number of ether oxygens (including phenoxy) is 1. The molecule has 3 rings (SSSR count). The summed E-state index contributed by atoms with van der Waals surface area (Å²) in [7, 11) is 0. The Balaban J connectivity index is 2.14. The maximum Gasteiger partial charge on any atom is 0.471 e. The van der Waals surface area contributed by atoms with Crippen molar-refractivity contribution in [2.24, 2.45) is 0 Å². The molecule has 0 atom stereocenters. The van der Waals surface area contributed by atoms with Crippen LogP contribution in [0.3, 0.4) is 0 Å². The van der Waals surface area contributed by atoms with Crippen molar-refractivity contribution in [3.63, 3.8) is 0 Å². The van der Waals surface area contributed by atoms with Gasteiger partial charge >= 0.3 is 18.1 Å². The number of amides is 1. The summed E-state index contributed by atoms with van der Waals surface area (Å²) in [5.74, 6) is -4.85. The molecule has 3 aromatic rings. The monoisotopic (exact) mass is 443 g/mol. The molecule has 0 aliphatic heterocycles. The molecule has 0 aromatic heterocycles. The van der Waals surface area contributed by atoms with Crippen molar-refractivity contribution in [1.82, 2.24) is 0 Å². The summed E-state index contributed by atoms with van der Waals surface area (Å²) < 4.78 is 44.3. The Morgan fingerprint density at radius 3 is 2.03 bits per heavy atom. The molecule has 0 heterocycles. The first-order valence-electron chi connectivity index (χ1n) is 9.23. The highest BCUT2D eigenvalue weighted by Gasteiger charge is 2.39. The maximum absolute atomic E-state index is 13.2. The molecule has 1 amide bonds. The fraction of sp³-hybridized carbons (Fsp3) is 0.0870. The van der Waals surface area contributed by atoms with Crippen LogP contribution in [0.15, 0.2) is 72.8 Å². The largest absolute Gasteiger partial charge is 0.488 e. The zero-order valence-electron chi connectivity index (χ0n) is 16.3. The summed E-state index contributed by atoms with van der Waals surface area (Å²) in [6, 6.07) is 18.1. The summed E-state index contributed by atoms with van der Waals surface area (Å²) >= 11 is 0. The number of aromatic carboxylic acids is 1. The second-order valence-electron chi connectivity index (χ2n) is 6.62. The fourth-order valence-electron chi connectivity index (χ4n) is 2.85. The number of anilines is 1. The van der Waals surface area contributed by atoms with Crippen LogP contribution in [0.2, 0.25) is 0 Å². The summed E-state index contributed by atoms with van der Waals surface area (Å²) in [4.78, 5) is 36.3. The average molecular weight is 443 g/mol. The van der Waals surface area contributed by atoms with Crippen LogP contribution >= 0.6 is 0 Å². The van der Waals surface area contributed by atoms with Crippen LogP contribution < -0.4 is 10.1 Å². The number of nitrogens with one attached hydrogen (secondary N) is 1. The number of carbonyl (C=O) groups is 3. The molecule has 0 bridgehead atoms. The van der Waals surface area contributed by atoms with Crippen molar-refractivity contribution in [2.45, 2.75) is 12.8 Å². The van der Waals surface area contributed by atoms with E-state index in [-0.39, 0.29) is 17.9 Å². The molecule has 164 valence electrons. The van der Waals surface area contributed by atoms with Gasteiger partial charge in [0.05, 0.1) is 16.8 Å². The molecular weight excluding hydrogens is 427 g/mol. The lowest BCUT2D eigenvalue weighted by molar-refractivity contribution is -0.167. The Labute approximate surface area is 180 Å². The molecule has 0 saturated heterocycles. The van der Waals surface area contributed by atoms with E-state index in [9.17, 15) is 32.7 Å². The predicted molar refractivity (Wildman–Crippen MR) is 109 cm³/mol. The van der Waals surface area contributed by atoms with Crippen molar-refractivity contribution in [3.8, 4) is 5.75 Å². The third kappa shape index (κ3) is 5.31. The minimum absolute atomic E-state index is 0.0916. The number of rotatable bonds is 7. The zero-order chi connectivity index (χ0) is 23.3. The van der Waals surface area contributed by atoms with Gasteiger partial charge in [-0.05, 0) is 17.7 Å². The highest BCUT2D eigenvalue weighted by molar-refractivity contribution is 6.16. The Hall–Kier alpha value is -4.14. The third-order valence-corrected chi connectivity index (χ3v) is 4.35. The van der Waals surface area contributed by atoms with Crippen molar-refractivity contribution in [3.05, 3.63) is 95.1 Å². The number of benzene rings is 3. The molecule has 2 N–H and O–H groups in total. The van der Waals surface area contributed by atoms with E-state index in [4.69, 9.17) is 4.74 Å². The molecule has 6 nitrogen and oxygen atoms in total. The number of alkyl halides is 3. The lowest BCUT2D eigenvalue weighted by atomic mass is 9.98. The lowest BCUT2D eigenvalue weighted by Gasteiger charge is -2.18. The van der Waals surface area contributed by atoms with Crippen LogP contribution in [-0.2, 0) is 11.4 Å². The molecule has 32 heavy (non-hydrogen) atoms. The zero-order valence-corrected chi connectivity index (χ0v) is 16.3. The first-order chi connectivity index (χ1) is 15.2. The standard InChI is InChI=1S/C23H16F3NO5/c24-23(25,26)22(31)27-17-11-16(21(29)30)12-18(32-13-14-7-3-1-4-8-14)19(17)20(28)15-9-5-2-6-10-15/h1-12H,13H2,(H,27,31)(H,29,30). The molecule has 0 saturated carbocycles. The number of carboxylic acids is 1. The van der Waals surface area contributed by atoms with Gasteiger partial charge in [0.25, 0.3) is 0 Å². The average Bonchev–Trinajstić information content (AvgIpc) is 2.77. The van der Waals surface area contributed by atoms with Crippen molar-refractivity contribution < 1.29 is 37.4 Å². The highest BCUT2D eigenvalue weighted by Crippen LogP contribution is 2.33. The summed E-state index contributed by atoms with van der Waals surface area (Å²) in [5.41, 5.74) is -0.691. The summed E-state index contributed by atoms with van der Waals surface area (Å²) in [6.07, 6.45) is -5.25. The Bertz CT molecular complexity index is 1150. The minimum Gasteiger partial charge on any atom is -0.488 e. The summed E-state index contributed by atoms with van der Waals surface area (Å²) in [6.45, 7) is -0.0916. The van der Waals surface area contributed by atoms with Crippen LogP contribution in [0.1, 0.15) is 31.8 Å². The molecule has 0 aliphatic rings. The molecule has 0 radical (unpaired) electrons. The molecule has 9 heteroatoms. The van der Waals surface area contributed by atoms with Gasteiger partial charge in [-0.3, -0.25) is 9.59 Å². The smallest absolute Gasteiger partial charge is 0.471 e. The summed E-state index contributed by atoms with van der Waals surface area (Å²) in [5, 5.41) is 11.0. The number of carbonyl (C=O) groups excluding carboxylic acids is 2. The van der Waals surface area contributed by atoms with E-state index in [1.54, 1.807) is 53.8 Å². The molecular formula is C23H16F3NO5. The van der Waals surface area contributed by atoms with Gasteiger partial charge in [-0.25, -0.2) is 4.79 Å². The minimum atomic E-state index is -5.25. The maximum atomic E-state index is 13.2. The first-order valence-corrected chi connectivity index (χ1v) is 9.23. The number of carboxylic acid groups (broad SMARTS) is 1. The van der Waals surface area contributed by atoms with E-state index < -0.39 is 40.7 Å². The van der Waals surface area contributed by atoms with Gasteiger partial charge in [-0.2, -0.15) is 13.2 Å². The van der Waals surface area contributed by atoms with E-state index in [2.05, 4.69) is 0 Å². The van der Waals surface area contributed by atoms with Gasteiger partial charge < -0.3 is 15.2 Å². The molecule has 3 aromatic carbocycles. The van der Waals surface area contributed by atoms with Gasteiger partial charge in [0.1, 0.15) is 12.4 Å². The van der Waals surface area contributed by atoms with Gasteiger partial charge in [0.2, 0.25) is 0 Å². The van der Waals surface area contributed by atoms with Gasteiger partial charge in [-0.15, -0.1) is 0 Å². The topological polar surface area (TPSA) is 92.7 Å². The second-order valence-corrected chi connectivity index (χ2v) is 6.62. The van der Waals surface area contributed by atoms with Crippen molar-refractivity contribution in [2.75, 3.05) is 5.32 Å². The number of halogens is 3. The van der Waals surface area contributed by atoms with Gasteiger partial charge in [0, 0.05) is 5.56 Å². The second kappa shape index (κ2) is 9.34. The fourth-order valence-corrected chi connectivity index (χ4v) is 2.85. The van der Waals surface area contributed by atoms with E-state index in [0.717, 1.165) is 12.1 Å². The lowest BCUT2D eigenvalue weighted by Crippen LogP contribution is -2.31. The van der Waals surface area contributed by atoms with Crippen LogP contribution in [0.4, 0.5) is 18.9 Å². The number of hydrogen-bond acceptors (Lipinski definition) is 4. The van der Waals surface area contributed by atoms with Crippen molar-refractivity contribution >= 4 is 23.3 Å². The van der Waals surface area contributed by atoms with E-state index in [1.807, 2.05) is 0 Å². The Morgan fingerprint density at radius 2 is 1.47 bits per heavy atom. The third-order valence-electron chi connectivity index (χ3n) is 4.35. The van der Waals surface area contributed by atoms with E-state index >= 15 is 0 Å². The number of hydrogen-bond donors (Lipinski definition) is 2. The Morgan fingerprint density at radius 1 is 0.875 bits per heavy atom. The van der Waals surface area contributed by atoms with Gasteiger partial charge in [-0.1, -0.05) is 60.7 Å². The van der Waals surface area contributed by atoms with Crippen LogP contribution in [0.25, 0.3) is 0 Å².